The largest absolute Gasteiger partial charge is 0.344 e. The monoisotopic (exact) mass is 321 g/mol. The molecule has 6 heteroatoms. The molecule has 1 aromatic carbocycles. The van der Waals surface area contributed by atoms with E-state index in [9.17, 15) is 9.59 Å². The van der Waals surface area contributed by atoms with Gasteiger partial charge in [0.25, 0.3) is 0 Å². The molecule has 0 aliphatic heterocycles. The fraction of sp³-hybridized carbons (Fsp3) is 0.385. The molecule has 0 N–H and O–H groups in total. The Kier molecular flexibility index (Phi) is 6.11. The average Bonchev–Trinajstić information content (AvgIpc) is 2.37. The maximum absolute atomic E-state index is 11.8. The van der Waals surface area contributed by atoms with E-state index in [0.717, 1.165) is 5.56 Å². The van der Waals surface area contributed by atoms with Crippen molar-refractivity contribution >= 4 is 46.5 Å². The lowest BCUT2D eigenvalue weighted by atomic mass is 10.1. The molecule has 0 bridgehead atoms. The molecule has 104 valence electrons. The summed E-state index contributed by atoms with van der Waals surface area (Å²) in [6.45, 7) is 1.75. The van der Waals surface area contributed by atoms with Crippen LogP contribution in [-0.2, 0) is 16.0 Å². The van der Waals surface area contributed by atoms with Gasteiger partial charge < -0.3 is 4.90 Å². The van der Waals surface area contributed by atoms with E-state index < -0.39 is 11.3 Å². The van der Waals surface area contributed by atoms with Gasteiger partial charge in [-0.15, -0.1) is 11.6 Å². The van der Waals surface area contributed by atoms with Crippen molar-refractivity contribution in [3.8, 4) is 0 Å². The number of carbonyl (C=O) groups is 2. The molecular weight excluding hydrogens is 309 g/mol. The van der Waals surface area contributed by atoms with E-state index >= 15 is 0 Å². The zero-order chi connectivity index (χ0) is 14.6. The second kappa shape index (κ2) is 7.13. The van der Waals surface area contributed by atoms with Crippen LogP contribution in [0.4, 0.5) is 0 Å². The molecular formula is C13H14Cl3NO2. The van der Waals surface area contributed by atoms with Crippen LogP contribution in [0.3, 0.4) is 0 Å². The van der Waals surface area contributed by atoms with Gasteiger partial charge in [-0.1, -0.05) is 29.3 Å². The van der Waals surface area contributed by atoms with E-state index in [1.807, 2.05) is 6.07 Å². The molecule has 1 unspecified atom stereocenters. The van der Waals surface area contributed by atoms with Crippen LogP contribution in [0.5, 0.6) is 0 Å². The molecule has 0 heterocycles. The molecule has 0 saturated carbocycles. The number of likely N-dealkylation sites (N-methyl/N-ethyl adjacent to an activating group) is 1. The van der Waals surface area contributed by atoms with Crippen molar-refractivity contribution in [3.63, 3.8) is 0 Å². The van der Waals surface area contributed by atoms with E-state index in [1.54, 1.807) is 19.2 Å². The summed E-state index contributed by atoms with van der Waals surface area (Å²) in [7, 11) is 1.61. The third kappa shape index (κ3) is 4.68. The minimum atomic E-state index is -1.11. The second-order valence-corrected chi connectivity index (χ2v) is 5.48. The van der Waals surface area contributed by atoms with Crippen LogP contribution in [0, 0.1) is 0 Å². The minimum absolute atomic E-state index is 0.354. The lowest BCUT2D eigenvalue weighted by Gasteiger charge is -2.19. The summed E-state index contributed by atoms with van der Waals surface area (Å²) in [5.74, 6) is -0.748. The Bertz CT molecular complexity index is 491. The molecule has 1 atom stereocenters. The van der Waals surface area contributed by atoms with Gasteiger partial charge in [0.15, 0.2) is 11.2 Å². The SMILES string of the molecule is CC(=O)C(Cl)C(=O)N(C)CCc1ccc(Cl)c(Cl)c1. The standard InChI is InChI=1S/C13H14Cl3NO2/c1-8(18)12(16)13(19)17(2)6-5-9-3-4-10(14)11(15)7-9/h3-4,7,12H,5-6H2,1-2H3. The number of hydrogen-bond donors (Lipinski definition) is 0. The van der Waals surface area contributed by atoms with Gasteiger partial charge in [-0.3, -0.25) is 9.59 Å². The van der Waals surface area contributed by atoms with Crippen LogP contribution in [0.2, 0.25) is 10.0 Å². The van der Waals surface area contributed by atoms with Crippen LogP contribution in [0.15, 0.2) is 18.2 Å². The van der Waals surface area contributed by atoms with Crippen molar-refractivity contribution in [2.45, 2.75) is 18.7 Å². The molecule has 1 aromatic rings. The third-order valence-corrected chi connectivity index (χ3v) is 3.90. The minimum Gasteiger partial charge on any atom is -0.344 e. The van der Waals surface area contributed by atoms with Gasteiger partial charge in [-0.2, -0.15) is 0 Å². The summed E-state index contributed by atoms with van der Waals surface area (Å²) < 4.78 is 0. The maximum Gasteiger partial charge on any atom is 0.247 e. The molecule has 19 heavy (non-hydrogen) atoms. The van der Waals surface area contributed by atoms with Gasteiger partial charge in [0, 0.05) is 13.6 Å². The van der Waals surface area contributed by atoms with E-state index in [-0.39, 0.29) is 5.78 Å². The van der Waals surface area contributed by atoms with E-state index in [0.29, 0.717) is 23.0 Å². The number of ketones is 1. The number of hydrogen-bond acceptors (Lipinski definition) is 2. The number of benzene rings is 1. The predicted molar refractivity (Wildman–Crippen MR) is 78.1 cm³/mol. The van der Waals surface area contributed by atoms with Gasteiger partial charge in [-0.05, 0) is 31.0 Å². The Labute approximate surface area is 127 Å². The van der Waals surface area contributed by atoms with Crippen molar-refractivity contribution in [3.05, 3.63) is 33.8 Å². The first-order valence-electron chi connectivity index (χ1n) is 5.66. The first-order chi connectivity index (χ1) is 8.82. The third-order valence-electron chi connectivity index (χ3n) is 2.67. The van der Waals surface area contributed by atoms with Crippen LogP contribution in [0.1, 0.15) is 12.5 Å². The van der Waals surface area contributed by atoms with Crippen molar-refractivity contribution in [1.82, 2.24) is 4.90 Å². The topological polar surface area (TPSA) is 37.4 Å². The molecule has 0 radical (unpaired) electrons. The summed E-state index contributed by atoms with van der Waals surface area (Å²) in [6.07, 6.45) is 0.612. The van der Waals surface area contributed by atoms with Gasteiger partial charge >= 0.3 is 0 Å². The van der Waals surface area contributed by atoms with Crippen molar-refractivity contribution < 1.29 is 9.59 Å². The lowest BCUT2D eigenvalue weighted by molar-refractivity contribution is -0.133. The summed E-state index contributed by atoms with van der Waals surface area (Å²) >= 11 is 17.4. The van der Waals surface area contributed by atoms with Crippen LogP contribution in [-0.4, -0.2) is 35.6 Å². The summed E-state index contributed by atoms with van der Waals surface area (Å²) in [6, 6.07) is 5.31. The molecule has 3 nitrogen and oxygen atoms in total. The van der Waals surface area contributed by atoms with Crippen LogP contribution >= 0.6 is 34.8 Å². The number of alkyl halides is 1. The van der Waals surface area contributed by atoms with Gasteiger partial charge in [0.2, 0.25) is 5.91 Å². The quantitative estimate of drug-likeness (QED) is 0.617. The summed E-state index contributed by atoms with van der Waals surface area (Å²) in [5, 5.41) is -0.141. The molecule has 0 aliphatic carbocycles. The van der Waals surface area contributed by atoms with Gasteiger partial charge in [0.05, 0.1) is 10.0 Å². The number of nitrogens with zero attached hydrogens (tertiary/aromatic N) is 1. The Morgan fingerprint density at radius 3 is 2.42 bits per heavy atom. The zero-order valence-corrected chi connectivity index (χ0v) is 12.9. The number of amides is 1. The molecule has 0 aromatic heterocycles. The second-order valence-electron chi connectivity index (χ2n) is 4.23. The molecule has 0 aliphatic rings. The Hall–Kier alpha value is -0.770. The van der Waals surface area contributed by atoms with Crippen LogP contribution < -0.4 is 0 Å². The Morgan fingerprint density at radius 2 is 1.89 bits per heavy atom. The number of halogens is 3. The number of Topliss-reactive ketones (excluding diaryl/α,β-unsaturated/α-hetero) is 1. The fourth-order valence-electron chi connectivity index (χ4n) is 1.47. The van der Waals surface area contributed by atoms with Crippen molar-refractivity contribution in [1.29, 1.82) is 0 Å². The van der Waals surface area contributed by atoms with Gasteiger partial charge in [-0.25, -0.2) is 0 Å². The number of carbonyl (C=O) groups excluding carboxylic acids is 2. The Morgan fingerprint density at radius 1 is 1.26 bits per heavy atom. The first kappa shape index (κ1) is 16.3. The lowest BCUT2D eigenvalue weighted by Crippen LogP contribution is -2.38. The summed E-state index contributed by atoms with van der Waals surface area (Å²) in [4.78, 5) is 24.2. The zero-order valence-electron chi connectivity index (χ0n) is 10.6. The highest BCUT2D eigenvalue weighted by molar-refractivity contribution is 6.42. The van der Waals surface area contributed by atoms with E-state index in [2.05, 4.69) is 0 Å². The molecule has 1 amide bonds. The fourth-order valence-corrected chi connectivity index (χ4v) is 1.96. The first-order valence-corrected chi connectivity index (χ1v) is 6.85. The highest BCUT2D eigenvalue weighted by Crippen LogP contribution is 2.22. The van der Waals surface area contributed by atoms with Crippen LogP contribution in [0.25, 0.3) is 0 Å². The highest BCUT2D eigenvalue weighted by atomic mass is 35.5. The molecule has 0 saturated heterocycles. The molecule has 0 fully saturated rings. The molecule has 1 rings (SSSR count). The van der Waals surface area contributed by atoms with Crippen molar-refractivity contribution in [2.24, 2.45) is 0 Å². The normalized spacial score (nSPS) is 12.1. The van der Waals surface area contributed by atoms with E-state index in [1.165, 1.54) is 11.8 Å². The average molecular weight is 323 g/mol. The maximum atomic E-state index is 11.8. The van der Waals surface area contributed by atoms with Crippen molar-refractivity contribution in [2.75, 3.05) is 13.6 Å². The van der Waals surface area contributed by atoms with E-state index in [4.69, 9.17) is 34.8 Å². The number of rotatable bonds is 5. The summed E-state index contributed by atoms with van der Waals surface area (Å²) in [5.41, 5.74) is 0.961. The molecule has 0 spiro atoms. The van der Waals surface area contributed by atoms with Gasteiger partial charge in [0.1, 0.15) is 0 Å². The predicted octanol–water partition coefficient (Wildman–Crippen LogP) is 3.19. The smallest absolute Gasteiger partial charge is 0.247 e. The highest BCUT2D eigenvalue weighted by Gasteiger charge is 2.23. The Balaban J connectivity index is 2.58.